The lowest BCUT2D eigenvalue weighted by molar-refractivity contribution is -0.129. The maximum Gasteiger partial charge on any atom is 0.258 e. The Morgan fingerprint density at radius 2 is 1.63 bits per heavy atom. The predicted molar refractivity (Wildman–Crippen MR) is 177 cm³/mol. The SMILES string of the molecule is CNC(=O)[C@H](Cc1ccc(C)c(OC)c1)NC(=O)COc1ccc2cc(OC)ccc2c1-c1cncc(OCc2ccccc2)c1. The summed E-state index contributed by atoms with van der Waals surface area (Å²) in [6.07, 6.45) is 3.68. The number of aromatic nitrogens is 1. The molecule has 5 aromatic rings. The van der Waals surface area contributed by atoms with Crippen molar-refractivity contribution in [2.45, 2.75) is 26.0 Å². The van der Waals surface area contributed by atoms with Crippen molar-refractivity contribution in [3.63, 3.8) is 0 Å². The largest absolute Gasteiger partial charge is 0.497 e. The number of hydrogen-bond acceptors (Lipinski definition) is 7. The van der Waals surface area contributed by atoms with Crippen LogP contribution in [0.3, 0.4) is 0 Å². The molecule has 0 aliphatic heterocycles. The number of carbonyl (C=O) groups excluding carboxylic acids is 2. The first-order valence-corrected chi connectivity index (χ1v) is 14.9. The third-order valence-corrected chi connectivity index (χ3v) is 7.61. The monoisotopic (exact) mass is 619 g/mol. The predicted octanol–water partition coefficient (Wildman–Crippen LogP) is 5.66. The molecule has 236 valence electrons. The number of rotatable bonds is 13. The number of likely N-dealkylation sites (N-methyl/N-ethyl adjacent to an activating group) is 1. The lowest BCUT2D eigenvalue weighted by atomic mass is 9.98. The maximum absolute atomic E-state index is 13.2. The number of nitrogens with one attached hydrogen (secondary N) is 2. The first-order valence-electron chi connectivity index (χ1n) is 14.9. The minimum atomic E-state index is -0.806. The van der Waals surface area contributed by atoms with Crippen LogP contribution in [-0.2, 0) is 22.6 Å². The third-order valence-electron chi connectivity index (χ3n) is 7.61. The quantitative estimate of drug-likeness (QED) is 0.175. The second-order valence-corrected chi connectivity index (χ2v) is 10.7. The normalized spacial score (nSPS) is 11.4. The molecule has 2 amide bonds. The molecule has 0 unspecified atom stereocenters. The van der Waals surface area contributed by atoms with E-state index in [1.54, 1.807) is 26.6 Å². The number of aryl methyl sites for hydroxylation is 1. The molecule has 0 aliphatic rings. The van der Waals surface area contributed by atoms with Crippen molar-refractivity contribution in [2.24, 2.45) is 0 Å². The molecule has 0 saturated heterocycles. The van der Waals surface area contributed by atoms with Crippen LogP contribution in [0.1, 0.15) is 16.7 Å². The Labute approximate surface area is 268 Å². The van der Waals surface area contributed by atoms with Gasteiger partial charge in [0.1, 0.15) is 35.6 Å². The van der Waals surface area contributed by atoms with Crippen molar-refractivity contribution < 1.29 is 28.5 Å². The second-order valence-electron chi connectivity index (χ2n) is 10.7. The fourth-order valence-electron chi connectivity index (χ4n) is 5.20. The summed E-state index contributed by atoms with van der Waals surface area (Å²) in [6, 6.07) is 26.2. The van der Waals surface area contributed by atoms with Crippen LogP contribution in [-0.4, -0.2) is 50.7 Å². The summed E-state index contributed by atoms with van der Waals surface area (Å²) in [5.74, 6) is 1.76. The summed E-state index contributed by atoms with van der Waals surface area (Å²) < 4.78 is 23.1. The minimum absolute atomic E-state index is 0.284. The summed E-state index contributed by atoms with van der Waals surface area (Å²) in [7, 11) is 4.76. The van der Waals surface area contributed by atoms with Crippen LogP contribution in [0.4, 0.5) is 0 Å². The number of carbonyl (C=O) groups is 2. The van der Waals surface area contributed by atoms with Gasteiger partial charge in [0.15, 0.2) is 6.61 Å². The molecule has 0 saturated carbocycles. The highest BCUT2D eigenvalue weighted by Crippen LogP contribution is 2.39. The molecule has 46 heavy (non-hydrogen) atoms. The lowest BCUT2D eigenvalue weighted by Gasteiger charge is -2.19. The van der Waals surface area contributed by atoms with E-state index in [1.807, 2.05) is 91.9 Å². The van der Waals surface area contributed by atoms with Crippen LogP contribution in [0.15, 0.2) is 97.3 Å². The Bertz CT molecular complexity index is 1830. The van der Waals surface area contributed by atoms with Gasteiger partial charge in [0.25, 0.3) is 5.91 Å². The number of nitrogens with zero attached hydrogens (tertiary/aromatic N) is 1. The summed E-state index contributed by atoms with van der Waals surface area (Å²) in [5.41, 5.74) is 4.38. The Balaban J connectivity index is 1.38. The first kappa shape index (κ1) is 31.8. The fraction of sp³-hybridized carbons (Fsp3) is 0.216. The number of benzene rings is 4. The average molecular weight is 620 g/mol. The van der Waals surface area contributed by atoms with Crippen molar-refractivity contribution in [1.29, 1.82) is 0 Å². The topological polar surface area (TPSA) is 108 Å². The lowest BCUT2D eigenvalue weighted by Crippen LogP contribution is -2.48. The van der Waals surface area contributed by atoms with Gasteiger partial charge in [-0.1, -0.05) is 48.5 Å². The molecule has 5 rings (SSSR count). The van der Waals surface area contributed by atoms with Crippen LogP contribution < -0.4 is 29.6 Å². The molecule has 0 aliphatic carbocycles. The van der Waals surface area contributed by atoms with Crippen LogP contribution in [0, 0.1) is 6.92 Å². The van der Waals surface area contributed by atoms with Gasteiger partial charge in [-0.2, -0.15) is 0 Å². The van der Waals surface area contributed by atoms with Crippen LogP contribution in [0.2, 0.25) is 0 Å². The standard InChI is InChI=1S/C37H37N3O6/c1-24-10-11-26(17-34(24)44-4)16-32(37(42)38-2)40-35(41)23-46-33-15-12-27-18-29(43-3)13-14-31(27)36(33)28-19-30(21-39-20-28)45-22-25-8-6-5-7-9-25/h5-15,17-21,32H,16,22-23H2,1-4H3,(H,38,42)(H,40,41)/t32-/m0/s1. The fourth-order valence-corrected chi connectivity index (χ4v) is 5.20. The highest BCUT2D eigenvalue weighted by Gasteiger charge is 2.22. The number of methoxy groups -OCH3 is 2. The highest BCUT2D eigenvalue weighted by molar-refractivity contribution is 6.00. The maximum atomic E-state index is 13.2. The minimum Gasteiger partial charge on any atom is -0.497 e. The summed E-state index contributed by atoms with van der Waals surface area (Å²) >= 11 is 0. The highest BCUT2D eigenvalue weighted by atomic mass is 16.5. The number of ether oxygens (including phenoxy) is 4. The van der Waals surface area contributed by atoms with E-state index in [2.05, 4.69) is 15.6 Å². The van der Waals surface area contributed by atoms with Crippen LogP contribution in [0.5, 0.6) is 23.0 Å². The Morgan fingerprint density at radius 3 is 2.39 bits per heavy atom. The number of amides is 2. The molecule has 9 heteroatoms. The molecule has 0 bridgehead atoms. The third kappa shape index (κ3) is 7.74. The second kappa shape index (κ2) is 14.9. The van der Waals surface area contributed by atoms with Gasteiger partial charge < -0.3 is 29.6 Å². The summed E-state index contributed by atoms with van der Waals surface area (Å²) in [5, 5.41) is 7.27. The van der Waals surface area contributed by atoms with E-state index >= 15 is 0 Å². The summed E-state index contributed by atoms with van der Waals surface area (Å²) in [4.78, 5) is 30.4. The van der Waals surface area contributed by atoms with Crippen molar-refractivity contribution in [2.75, 3.05) is 27.9 Å². The molecule has 1 aromatic heterocycles. The van der Waals surface area contributed by atoms with Crippen molar-refractivity contribution in [3.05, 3.63) is 114 Å². The van der Waals surface area contributed by atoms with Gasteiger partial charge in [-0.15, -0.1) is 0 Å². The van der Waals surface area contributed by atoms with Gasteiger partial charge in [-0.3, -0.25) is 14.6 Å². The zero-order chi connectivity index (χ0) is 32.5. The van der Waals surface area contributed by atoms with E-state index in [1.165, 1.54) is 7.05 Å². The van der Waals surface area contributed by atoms with Crippen molar-refractivity contribution in [1.82, 2.24) is 15.6 Å². The molecule has 0 radical (unpaired) electrons. The smallest absolute Gasteiger partial charge is 0.258 e. The molecule has 1 heterocycles. The van der Waals surface area contributed by atoms with Crippen molar-refractivity contribution in [3.8, 4) is 34.1 Å². The molecule has 0 spiro atoms. The zero-order valence-electron chi connectivity index (χ0n) is 26.3. The van der Waals surface area contributed by atoms with Gasteiger partial charge in [-0.05, 0) is 70.8 Å². The number of hydrogen-bond donors (Lipinski definition) is 2. The molecule has 0 fully saturated rings. The van der Waals surface area contributed by atoms with E-state index in [0.717, 1.165) is 44.3 Å². The zero-order valence-corrected chi connectivity index (χ0v) is 26.3. The van der Waals surface area contributed by atoms with E-state index in [4.69, 9.17) is 18.9 Å². The first-order chi connectivity index (χ1) is 22.4. The van der Waals surface area contributed by atoms with E-state index in [9.17, 15) is 9.59 Å². The molecular formula is C37H37N3O6. The van der Waals surface area contributed by atoms with Gasteiger partial charge in [0, 0.05) is 30.8 Å². The Morgan fingerprint density at radius 1 is 0.804 bits per heavy atom. The molecular weight excluding hydrogens is 582 g/mol. The molecule has 4 aromatic carbocycles. The van der Waals surface area contributed by atoms with Gasteiger partial charge in [0.2, 0.25) is 5.91 Å². The van der Waals surface area contributed by atoms with E-state index in [-0.39, 0.29) is 18.9 Å². The number of fused-ring (bicyclic) bond motifs is 1. The molecule has 9 nitrogen and oxygen atoms in total. The van der Waals surface area contributed by atoms with Crippen LogP contribution in [0.25, 0.3) is 21.9 Å². The Kier molecular flexibility index (Phi) is 10.3. The van der Waals surface area contributed by atoms with Gasteiger partial charge in [-0.25, -0.2) is 0 Å². The van der Waals surface area contributed by atoms with Gasteiger partial charge in [0.05, 0.1) is 20.4 Å². The Hall–Kier alpha value is -5.57. The average Bonchev–Trinajstić information content (AvgIpc) is 3.09. The van der Waals surface area contributed by atoms with Crippen molar-refractivity contribution >= 4 is 22.6 Å². The number of pyridine rings is 1. The van der Waals surface area contributed by atoms with Crippen LogP contribution >= 0.6 is 0 Å². The summed E-state index contributed by atoms with van der Waals surface area (Å²) in [6.45, 7) is 2.03. The van der Waals surface area contributed by atoms with E-state index < -0.39 is 11.9 Å². The molecule has 2 N–H and O–H groups in total. The van der Waals surface area contributed by atoms with E-state index in [0.29, 0.717) is 23.9 Å². The molecule has 1 atom stereocenters. The van der Waals surface area contributed by atoms with Gasteiger partial charge >= 0.3 is 0 Å².